The Hall–Kier alpha value is -0.970. The number of aliphatic hydroxyl groups is 1. The molecule has 0 aliphatic rings. The van der Waals surface area contributed by atoms with Gasteiger partial charge in [-0.15, -0.1) is 0 Å². The number of ketones is 1. The average Bonchev–Trinajstić information content (AvgIpc) is 2.62. The number of sulfonamides is 1. The predicted octanol–water partition coefficient (Wildman–Crippen LogP) is 1.72. The highest BCUT2D eigenvalue weighted by atomic mass is 32.2. The van der Waals surface area contributed by atoms with Crippen molar-refractivity contribution in [3.05, 3.63) is 29.8 Å². The van der Waals surface area contributed by atoms with E-state index in [-0.39, 0.29) is 24.1 Å². The van der Waals surface area contributed by atoms with Gasteiger partial charge in [-0.25, -0.2) is 8.42 Å². The number of nitrogens with one attached hydrogen (secondary N) is 1. The van der Waals surface area contributed by atoms with Crippen LogP contribution in [0.3, 0.4) is 0 Å². The first-order chi connectivity index (χ1) is 13.0. The van der Waals surface area contributed by atoms with Crippen molar-refractivity contribution in [1.82, 2.24) is 4.72 Å². The summed E-state index contributed by atoms with van der Waals surface area (Å²) < 4.78 is 44.4. The van der Waals surface area contributed by atoms with Gasteiger partial charge >= 0.3 is 0 Å². The topological polar surface area (TPSA) is 102 Å². The van der Waals surface area contributed by atoms with Crippen molar-refractivity contribution in [2.75, 3.05) is 26.3 Å². The summed E-state index contributed by atoms with van der Waals surface area (Å²) in [5.74, 6) is 0.102. The maximum Gasteiger partial charge on any atom is 0.241 e. The number of carbonyl (C=O) groups is 1. The van der Waals surface area contributed by atoms with Gasteiger partial charge in [0.15, 0.2) is 0 Å². The van der Waals surface area contributed by atoms with Crippen LogP contribution in [0, 0.1) is 6.92 Å². The van der Waals surface area contributed by atoms with Crippen LogP contribution in [0.25, 0.3) is 0 Å². The lowest BCUT2D eigenvalue weighted by Crippen LogP contribution is -2.52. The lowest BCUT2D eigenvalue weighted by Gasteiger charge is -2.33. The zero-order valence-electron chi connectivity index (χ0n) is 17.4. The lowest BCUT2D eigenvalue weighted by atomic mass is 10.0. The zero-order valence-corrected chi connectivity index (χ0v) is 18.0. The number of thioether (sulfide) groups is 1. The molecule has 0 saturated heterocycles. The Kier molecular flexibility index (Phi) is 8.71. The normalized spacial score (nSPS) is 15.2. The molecular formula is C18H29NO6S2. The summed E-state index contributed by atoms with van der Waals surface area (Å²) in [5.41, 5.74) is 0.941. The number of aryl methyl sites for hydroxylation is 1. The van der Waals surface area contributed by atoms with Crippen molar-refractivity contribution >= 4 is 27.6 Å². The van der Waals surface area contributed by atoms with Gasteiger partial charge in [-0.05, 0) is 39.8 Å². The maximum absolute atomic E-state index is 12.7. The molecule has 0 saturated carbocycles. The largest absolute Gasteiger partial charge is 0.394 e. The van der Waals surface area contributed by atoms with E-state index < -0.39 is 26.9 Å². The van der Waals surface area contributed by atoms with Crippen LogP contribution in [0.4, 0.5) is 0 Å². The fraction of sp³-hybridized carbons (Fsp3) is 0.611. The molecule has 27 heavy (non-hydrogen) atoms. The minimum atomic E-state index is -3.86. The Morgan fingerprint density at radius 2 is 2.00 bits per heavy atom. The van der Waals surface area contributed by atoms with E-state index in [2.05, 4.69) is 9.83 Å². The third-order valence-electron chi connectivity index (χ3n) is 3.95. The SMILES string of the molecule is [3H]OC[C@H](CSC(C)(C)[C@@H](NS(=O)(=O)c1ccc(C)cc1)C(C)=O)OCOC. The van der Waals surface area contributed by atoms with Gasteiger partial charge in [0.25, 0.3) is 0 Å². The van der Waals surface area contributed by atoms with Crippen LogP contribution < -0.4 is 4.72 Å². The average molecular weight is 422 g/mol. The first kappa shape index (κ1) is 22.3. The Morgan fingerprint density at radius 3 is 2.52 bits per heavy atom. The monoisotopic (exact) mass is 421 g/mol. The van der Waals surface area contributed by atoms with E-state index in [1.54, 1.807) is 26.0 Å². The molecule has 0 aliphatic heterocycles. The highest BCUT2D eigenvalue weighted by molar-refractivity contribution is 8.00. The Labute approximate surface area is 167 Å². The smallest absolute Gasteiger partial charge is 0.241 e. The van der Waals surface area contributed by atoms with Crippen molar-refractivity contribution < 1.29 is 27.8 Å². The summed E-state index contributed by atoms with van der Waals surface area (Å²) in [5, 5.41) is 4.40. The molecule has 7 nitrogen and oxygen atoms in total. The number of hydrogen-bond acceptors (Lipinski definition) is 7. The molecule has 9 heteroatoms. The fourth-order valence-electron chi connectivity index (χ4n) is 2.35. The fourth-order valence-corrected chi connectivity index (χ4v) is 5.03. The number of carbonyl (C=O) groups excluding carboxylic acids is 1. The Bertz CT molecular complexity index is 724. The molecule has 0 unspecified atom stereocenters. The summed E-state index contributed by atoms with van der Waals surface area (Å²) in [6, 6.07) is 5.49. The van der Waals surface area contributed by atoms with E-state index in [1.165, 1.54) is 37.9 Å². The molecule has 0 bridgehead atoms. The number of Topliss-reactive ketones (excluding diaryl/α,β-unsaturated/α-hetero) is 1. The molecule has 0 radical (unpaired) electrons. The number of aliphatic hydroxyl groups excluding tert-OH is 1. The minimum absolute atomic E-state index is 0.0340. The molecule has 0 aliphatic carbocycles. The van der Waals surface area contributed by atoms with E-state index in [0.717, 1.165) is 5.56 Å². The van der Waals surface area contributed by atoms with Gasteiger partial charge in [0.05, 0.1) is 23.6 Å². The standard InChI is InChI=1S/C18H29NO6S2/c1-13-6-8-16(9-7-13)27(22,23)19-17(14(2)21)18(3,4)26-11-15(10-20)25-12-24-5/h6-9,15,17,19-20H,10-12H2,1-5H3/t15-,17+/m1/s1/i20T. The van der Waals surface area contributed by atoms with Crippen LogP contribution in [0.15, 0.2) is 29.2 Å². The molecule has 1 rings (SSSR count). The van der Waals surface area contributed by atoms with E-state index in [9.17, 15) is 13.2 Å². The van der Waals surface area contributed by atoms with Crippen LogP contribution in [0.2, 0.25) is 0 Å². The van der Waals surface area contributed by atoms with Gasteiger partial charge in [0.2, 0.25) is 11.5 Å². The summed E-state index contributed by atoms with van der Waals surface area (Å²) in [6.45, 7) is 6.88. The lowest BCUT2D eigenvalue weighted by molar-refractivity contribution is -0.119. The molecule has 0 amide bonds. The van der Waals surface area contributed by atoms with E-state index in [0.29, 0.717) is 5.75 Å². The first-order valence-corrected chi connectivity index (χ1v) is 10.9. The molecule has 2 atom stereocenters. The van der Waals surface area contributed by atoms with Crippen LogP contribution in [0.1, 0.15) is 26.3 Å². The quantitative estimate of drug-likeness (QED) is 0.468. The van der Waals surface area contributed by atoms with Crippen molar-refractivity contribution in [1.29, 1.82) is 1.43 Å². The molecule has 0 spiro atoms. The third kappa shape index (κ3) is 7.52. The van der Waals surface area contributed by atoms with E-state index in [4.69, 9.17) is 10.9 Å². The predicted molar refractivity (Wildman–Crippen MR) is 106 cm³/mol. The van der Waals surface area contributed by atoms with Crippen LogP contribution in [-0.4, -0.2) is 63.9 Å². The first-order valence-electron chi connectivity index (χ1n) is 8.86. The van der Waals surface area contributed by atoms with Gasteiger partial charge < -0.3 is 14.6 Å². The van der Waals surface area contributed by atoms with Gasteiger partial charge in [-0.3, -0.25) is 4.79 Å². The molecule has 1 aromatic carbocycles. The van der Waals surface area contributed by atoms with Crippen LogP contribution >= 0.6 is 11.8 Å². The summed E-state index contributed by atoms with van der Waals surface area (Å²) in [4.78, 5) is 12.4. The van der Waals surface area contributed by atoms with Crippen molar-refractivity contribution in [2.24, 2.45) is 0 Å². The maximum atomic E-state index is 12.7. The van der Waals surface area contributed by atoms with Crippen molar-refractivity contribution in [3.8, 4) is 0 Å². The molecule has 0 fully saturated rings. The summed E-state index contributed by atoms with van der Waals surface area (Å²) in [7, 11) is -2.37. The molecule has 154 valence electrons. The molecule has 0 heterocycles. The van der Waals surface area contributed by atoms with E-state index in [1.807, 2.05) is 6.92 Å². The number of methoxy groups -OCH3 is 1. The van der Waals surface area contributed by atoms with Crippen LogP contribution in [0.5, 0.6) is 0 Å². The second-order valence-electron chi connectivity index (χ2n) is 6.75. The van der Waals surface area contributed by atoms with Crippen LogP contribution in [-0.2, 0) is 24.3 Å². The minimum Gasteiger partial charge on any atom is -0.394 e. The number of benzene rings is 1. The van der Waals surface area contributed by atoms with Crippen molar-refractivity contribution in [2.45, 2.75) is 49.5 Å². The summed E-state index contributed by atoms with van der Waals surface area (Å²) >= 11 is 1.36. The second-order valence-corrected chi connectivity index (χ2v) is 10.1. The van der Waals surface area contributed by atoms with E-state index >= 15 is 0 Å². The zero-order chi connectivity index (χ0) is 21.4. The highest BCUT2D eigenvalue weighted by Crippen LogP contribution is 2.31. The van der Waals surface area contributed by atoms with Crippen molar-refractivity contribution in [3.63, 3.8) is 0 Å². The number of rotatable bonds is 13. The Morgan fingerprint density at radius 1 is 1.37 bits per heavy atom. The van der Waals surface area contributed by atoms with Gasteiger partial charge in [0, 0.05) is 17.6 Å². The van der Waals surface area contributed by atoms with Gasteiger partial charge in [0.1, 0.15) is 12.6 Å². The third-order valence-corrected chi connectivity index (χ3v) is 6.91. The molecule has 1 aromatic rings. The highest BCUT2D eigenvalue weighted by Gasteiger charge is 2.37. The Balaban J connectivity index is 2.92. The molecule has 2 N–H and O–H groups in total. The van der Waals surface area contributed by atoms with Gasteiger partial charge in [-0.2, -0.15) is 16.5 Å². The molecule has 0 aromatic heterocycles. The summed E-state index contributed by atoms with van der Waals surface area (Å²) in [6.07, 6.45) is -0.428. The number of hydrogen-bond donors (Lipinski definition) is 2. The molecular weight excluding hydrogens is 390 g/mol. The second kappa shape index (κ2) is 10.5. The van der Waals surface area contributed by atoms with Gasteiger partial charge in [-0.1, -0.05) is 17.7 Å². The number of ether oxygens (including phenoxy) is 2.